The fourth-order valence-corrected chi connectivity index (χ4v) is 3.99. The summed E-state index contributed by atoms with van der Waals surface area (Å²) >= 11 is 0. The zero-order valence-electron chi connectivity index (χ0n) is 22.4. The van der Waals surface area contributed by atoms with Crippen LogP contribution in [0, 0.1) is 6.92 Å². The zero-order chi connectivity index (χ0) is 29.7. The van der Waals surface area contributed by atoms with Gasteiger partial charge in [-0.15, -0.1) is 0 Å². The van der Waals surface area contributed by atoms with E-state index in [4.69, 9.17) is 20.3 Å². The predicted octanol–water partition coefficient (Wildman–Crippen LogP) is 4.99. The fourth-order valence-electron chi connectivity index (χ4n) is 3.99. The number of hydrogen-bond donors (Lipinski definition) is 3. The number of nitrogens with two attached hydrogens (primary N) is 1. The van der Waals surface area contributed by atoms with Gasteiger partial charge in [-0.05, 0) is 56.2 Å². The number of aliphatic hydroxyl groups excluding tert-OH is 1. The monoisotopic (exact) mass is 564 g/mol. The van der Waals surface area contributed by atoms with Crippen LogP contribution in [0.25, 0.3) is 11.3 Å². The molecule has 3 rings (SSSR count). The van der Waals surface area contributed by atoms with Gasteiger partial charge in [0.25, 0.3) is 0 Å². The van der Waals surface area contributed by atoms with Crippen LogP contribution in [0.15, 0.2) is 54.6 Å². The Hall–Kier alpha value is -3.54. The molecule has 0 aliphatic rings. The Kier molecular flexibility index (Phi) is 9.55. The van der Waals surface area contributed by atoms with Gasteiger partial charge in [0.1, 0.15) is 13.3 Å². The summed E-state index contributed by atoms with van der Waals surface area (Å²) < 4.78 is 67.7. The topological polar surface area (TPSA) is 115 Å². The number of hydrogen-bond acceptors (Lipinski definition) is 7. The molecule has 4 N–H and O–H groups in total. The van der Waals surface area contributed by atoms with Crippen molar-refractivity contribution < 1.29 is 42.0 Å². The highest BCUT2D eigenvalue weighted by Crippen LogP contribution is 2.43. The number of aromatic nitrogens is 1. The largest absolute Gasteiger partial charge is 0.493 e. The van der Waals surface area contributed by atoms with Crippen LogP contribution in [0.3, 0.4) is 0 Å². The van der Waals surface area contributed by atoms with Gasteiger partial charge >= 0.3 is 6.18 Å². The Morgan fingerprint density at radius 2 is 1.73 bits per heavy atom. The average molecular weight is 565 g/mol. The van der Waals surface area contributed by atoms with Gasteiger partial charge in [-0.1, -0.05) is 29.8 Å². The summed E-state index contributed by atoms with van der Waals surface area (Å²) in [5.74, 6) is -0.310. The second kappa shape index (κ2) is 12.3. The Morgan fingerprint density at radius 3 is 2.30 bits per heavy atom. The first-order valence-corrected chi connectivity index (χ1v) is 12.4. The van der Waals surface area contributed by atoms with Gasteiger partial charge in [0.15, 0.2) is 17.3 Å². The number of aliphatic hydroxyl groups is 2. The summed E-state index contributed by atoms with van der Waals surface area (Å²) in [6.07, 6.45) is -6.99. The lowest BCUT2D eigenvalue weighted by Crippen LogP contribution is -2.44. The van der Waals surface area contributed by atoms with E-state index in [9.17, 15) is 27.5 Å². The molecule has 7 nitrogen and oxygen atoms in total. The van der Waals surface area contributed by atoms with E-state index in [-0.39, 0.29) is 41.5 Å². The summed E-state index contributed by atoms with van der Waals surface area (Å²) in [5.41, 5.74) is 1.50. The van der Waals surface area contributed by atoms with Crippen molar-refractivity contribution in [2.24, 2.45) is 5.73 Å². The Morgan fingerprint density at radius 1 is 1.05 bits per heavy atom. The molecule has 0 aliphatic heterocycles. The molecule has 0 fully saturated rings. The molecule has 0 aliphatic carbocycles. The molecule has 1 aromatic heterocycles. The third-order valence-corrected chi connectivity index (χ3v) is 6.55. The molecule has 0 saturated heterocycles. The van der Waals surface area contributed by atoms with Crippen LogP contribution >= 0.6 is 0 Å². The highest BCUT2D eigenvalue weighted by atomic mass is 19.4. The van der Waals surface area contributed by atoms with Crippen LogP contribution in [0.5, 0.6) is 11.5 Å². The van der Waals surface area contributed by atoms with Crippen molar-refractivity contribution >= 4 is 5.78 Å². The molecule has 0 saturated carbocycles. The van der Waals surface area contributed by atoms with Crippen molar-refractivity contribution in [3.05, 3.63) is 77.0 Å². The van der Waals surface area contributed by atoms with Gasteiger partial charge in [0.2, 0.25) is 5.60 Å². The number of alkyl halides is 4. The minimum absolute atomic E-state index is 0.00720. The van der Waals surface area contributed by atoms with E-state index in [2.05, 4.69) is 4.98 Å². The molecule has 2 unspecified atom stereocenters. The number of benzene rings is 2. The first-order valence-electron chi connectivity index (χ1n) is 12.4. The highest BCUT2D eigenvalue weighted by molar-refractivity contribution is 5.96. The van der Waals surface area contributed by atoms with Crippen LogP contribution in [0.2, 0.25) is 0 Å². The minimum Gasteiger partial charge on any atom is -0.493 e. The molecule has 0 radical (unpaired) electrons. The van der Waals surface area contributed by atoms with Crippen LogP contribution in [0.1, 0.15) is 46.9 Å². The summed E-state index contributed by atoms with van der Waals surface area (Å²) in [5, 5.41) is 20.0. The number of halogens is 4. The number of Topliss-reactive ketones (excluding diaryl/α,β-unsaturated/α-hetero) is 1. The minimum atomic E-state index is -5.23. The second-order valence-corrected chi connectivity index (χ2v) is 9.76. The smallest absolute Gasteiger partial charge is 0.422 e. The van der Waals surface area contributed by atoms with Crippen molar-refractivity contribution in [2.75, 3.05) is 27.0 Å². The number of ether oxygens (including phenoxy) is 2. The van der Waals surface area contributed by atoms with E-state index in [0.29, 0.717) is 5.56 Å². The summed E-state index contributed by atoms with van der Waals surface area (Å²) in [7, 11) is 1.32. The van der Waals surface area contributed by atoms with Crippen molar-refractivity contribution in [1.82, 2.24) is 4.98 Å². The highest BCUT2D eigenvalue weighted by Gasteiger charge is 2.56. The summed E-state index contributed by atoms with van der Waals surface area (Å²) in [4.78, 5) is 17.1. The van der Waals surface area contributed by atoms with E-state index in [1.165, 1.54) is 38.3 Å². The number of nitrogens with zero attached hydrogens (tertiary/aromatic N) is 1. The first-order chi connectivity index (χ1) is 18.8. The number of aryl methyl sites for hydroxylation is 1. The third-order valence-electron chi connectivity index (χ3n) is 6.55. The maximum Gasteiger partial charge on any atom is 0.422 e. The van der Waals surface area contributed by atoms with E-state index in [0.717, 1.165) is 11.6 Å². The molecule has 0 amide bonds. The quantitative estimate of drug-likeness (QED) is 0.210. The van der Waals surface area contributed by atoms with Crippen LogP contribution in [0.4, 0.5) is 17.6 Å². The number of ketones is 1. The Labute approximate surface area is 229 Å². The molecule has 0 bridgehead atoms. The lowest BCUT2D eigenvalue weighted by Gasteiger charge is -2.32. The maximum atomic E-state index is 14.5. The van der Waals surface area contributed by atoms with Crippen molar-refractivity contribution in [3.8, 4) is 22.8 Å². The van der Waals surface area contributed by atoms with Crippen molar-refractivity contribution in [2.45, 2.75) is 44.0 Å². The van der Waals surface area contributed by atoms with E-state index >= 15 is 0 Å². The molecule has 11 heteroatoms. The zero-order valence-corrected chi connectivity index (χ0v) is 22.4. The number of carbonyl (C=O) groups excluding carboxylic acids is 1. The lowest BCUT2D eigenvalue weighted by atomic mass is 9.86. The maximum absolute atomic E-state index is 14.5. The fraction of sp³-hybridized carbons (Fsp3) is 0.379. The van der Waals surface area contributed by atoms with Crippen LogP contribution in [-0.2, 0) is 11.1 Å². The molecule has 1 heterocycles. The normalized spacial score (nSPS) is 14.8. The van der Waals surface area contributed by atoms with Gasteiger partial charge in [0, 0.05) is 17.5 Å². The number of carbonyl (C=O) groups is 1. The molecule has 2 aromatic carbocycles. The molecule has 2 atom stereocenters. The second-order valence-electron chi connectivity index (χ2n) is 9.76. The molecular formula is C29H32F4N2O5. The SMILES string of the molecule is COc1cc(C(=O)CCC(O)(c2cc(C(C)(N)CF)cc(-c3ccc(C)cc3)n2)C(F)(F)F)ccc1OCCO. The van der Waals surface area contributed by atoms with Gasteiger partial charge in [-0.25, -0.2) is 9.37 Å². The molecule has 3 aromatic rings. The van der Waals surface area contributed by atoms with Crippen molar-refractivity contribution in [3.63, 3.8) is 0 Å². The number of pyridine rings is 1. The standard InChI is InChI=1S/C29H32F4N2O5/c1-18-4-6-19(7-5-18)22-15-21(27(2,34)17-30)16-26(35-22)28(38,29(31,32)33)11-10-23(37)20-8-9-24(40-13-12-36)25(14-20)39-3/h4-9,14-16,36,38H,10-13,17,34H2,1-3H3. The molecule has 40 heavy (non-hydrogen) atoms. The Balaban J connectivity index is 2.02. The molecule has 0 spiro atoms. The third kappa shape index (κ3) is 6.78. The predicted molar refractivity (Wildman–Crippen MR) is 141 cm³/mol. The number of methoxy groups -OCH3 is 1. The van der Waals surface area contributed by atoms with E-state index < -0.39 is 48.3 Å². The first kappa shape index (κ1) is 31.0. The van der Waals surface area contributed by atoms with Crippen molar-refractivity contribution in [1.29, 1.82) is 0 Å². The van der Waals surface area contributed by atoms with Gasteiger partial charge in [0.05, 0.1) is 30.6 Å². The Bertz CT molecular complexity index is 1330. The molecule has 216 valence electrons. The summed E-state index contributed by atoms with van der Waals surface area (Å²) in [6.45, 7) is 1.80. The van der Waals surface area contributed by atoms with E-state index in [1.807, 2.05) is 6.92 Å². The van der Waals surface area contributed by atoms with Crippen LogP contribution < -0.4 is 15.2 Å². The van der Waals surface area contributed by atoms with Gasteiger partial charge in [-0.2, -0.15) is 13.2 Å². The van der Waals surface area contributed by atoms with Gasteiger partial charge < -0.3 is 25.4 Å². The summed E-state index contributed by atoms with van der Waals surface area (Å²) in [6, 6.07) is 13.1. The molecular weight excluding hydrogens is 532 g/mol. The van der Waals surface area contributed by atoms with Crippen LogP contribution in [-0.4, -0.2) is 54.2 Å². The van der Waals surface area contributed by atoms with E-state index in [1.54, 1.807) is 24.3 Å². The average Bonchev–Trinajstić information content (AvgIpc) is 2.93. The lowest BCUT2D eigenvalue weighted by molar-refractivity contribution is -0.270. The van der Waals surface area contributed by atoms with Gasteiger partial charge in [-0.3, -0.25) is 4.79 Å². The number of rotatable bonds is 12.